The van der Waals surface area contributed by atoms with Crippen LogP contribution in [-0.2, 0) is 5.41 Å². The molecule has 3 aromatic heterocycles. The lowest BCUT2D eigenvalue weighted by Crippen LogP contribution is -2.13. The molecule has 248 valence electrons. The summed E-state index contributed by atoms with van der Waals surface area (Å²) in [6.07, 6.45) is 3.09. The lowest BCUT2D eigenvalue weighted by Gasteiger charge is -2.19. The van der Waals surface area contributed by atoms with Gasteiger partial charge in [0.15, 0.2) is 34.8 Å². The van der Waals surface area contributed by atoms with Crippen LogP contribution in [-0.4, -0.2) is 11.6 Å². The van der Waals surface area contributed by atoms with Gasteiger partial charge in [-0.25, -0.2) is 37.8 Å². The maximum Gasteiger partial charge on any atom is 0.270 e. The van der Waals surface area contributed by atoms with E-state index in [0.717, 1.165) is 54.5 Å². The third-order valence-electron chi connectivity index (χ3n) is 9.30. The average Bonchev–Trinajstić information content (AvgIpc) is 3.92. The highest BCUT2D eigenvalue weighted by molar-refractivity contribution is 7.32. The van der Waals surface area contributed by atoms with Gasteiger partial charge in [0.2, 0.25) is 0 Å². The first-order valence-electron chi connectivity index (χ1n) is 15.1. The number of hydrogen-bond acceptors (Lipinski definition) is 7. The van der Waals surface area contributed by atoms with Crippen molar-refractivity contribution in [2.45, 2.75) is 19.3 Å². The van der Waals surface area contributed by atoms with Gasteiger partial charge in [0.25, 0.3) is 11.4 Å². The average molecular weight is 743 g/mol. The molecule has 8 rings (SSSR count). The van der Waals surface area contributed by atoms with E-state index in [2.05, 4.69) is 9.69 Å². The van der Waals surface area contributed by atoms with E-state index in [0.29, 0.717) is 9.75 Å². The summed E-state index contributed by atoms with van der Waals surface area (Å²) >= 11 is 4.30. The third kappa shape index (κ3) is 4.48. The minimum atomic E-state index is -1.21. The summed E-state index contributed by atoms with van der Waals surface area (Å²) in [6, 6.07) is 10.6. The largest absolute Gasteiger partial charge is 0.289 e. The molecule has 3 aliphatic rings. The van der Waals surface area contributed by atoms with Crippen molar-refractivity contribution in [3.63, 3.8) is 0 Å². The Balaban J connectivity index is 1.22. The van der Waals surface area contributed by atoms with Gasteiger partial charge in [-0.3, -0.25) is 9.59 Å². The first-order chi connectivity index (χ1) is 24.8. The van der Waals surface area contributed by atoms with Gasteiger partial charge in [0.1, 0.15) is 0 Å². The summed E-state index contributed by atoms with van der Waals surface area (Å²) in [5.41, 5.74) is 0.258. The molecular formula is C39H14F4N4O2S3. The molecule has 3 aliphatic carbocycles. The Hall–Kier alpha value is -6.22. The first-order valence-corrected chi connectivity index (χ1v) is 17.5. The monoisotopic (exact) mass is 742 g/mol. The quantitative estimate of drug-likeness (QED) is 0.0779. The van der Waals surface area contributed by atoms with E-state index < -0.39 is 51.6 Å². The van der Waals surface area contributed by atoms with E-state index in [1.807, 2.05) is 26.0 Å². The number of thiophene rings is 3. The van der Waals surface area contributed by atoms with Crippen LogP contribution < -0.4 is 0 Å². The van der Waals surface area contributed by atoms with Crippen LogP contribution in [0, 0.1) is 59.1 Å². The van der Waals surface area contributed by atoms with Crippen LogP contribution in [0.4, 0.5) is 17.6 Å². The zero-order chi connectivity index (χ0) is 37.0. The van der Waals surface area contributed by atoms with Crippen molar-refractivity contribution >= 4 is 78.3 Å². The number of fused-ring (bicyclic) bond motifs is 7. The molecule has 0 N–H and O–H groups in total. The van der Waals surface area contributed by atoms with Crippen LogP contribution in [0.1, 0.15) is 66.6 Å². The summed E-state index contributed by atoms with van der Waals surface area (Å²) in [5.74, 6) is -6.08. The normalized spacial score (nSPS) is 18.5. The molecule has 5 aromatic rings. The summed E-state index contributed by atoms with van der Waals surface area (Å²) in [5, 5.41) is 19.3. The van der Waals surface area contributed by atoms with E-state index in [9.17, 15) is 37.7 Å². The number of benzene rings is 2. The van der Waals surface area contributed by atoms with Crippen molar-refractivity contribution in [2.75, 3.05) is 0 Å². The van der Waals surface area contributed by atoms with Gasteiger partial charge in [-0.2, -0.15) is 0 Å². The van der Waals surface area contributed by atoms with Crippen molar-refractivity contribution in [1.29, 1.82) is 10.5 Å². The lowest BCUT2D eigenvalue weighted by molar-refractivity contribution is 0.103. The van der Waals surface area contributed by atoms with Crippen LogP contribution in [0.5, 0.6) is 0 Å². The SMILES string of the molecule is [C-]#[N+]C(C#N)=C1/C(=C/c2cc3sc4c(c3s2)C(C)(C)c2cc(/C=C3\C(=O)c5cc(F)c(F)cc5\C3=C(\C#N)[N+]#[C-])sc2-4)C(=O)c2cc(F)c(F)cc21. The first kappa shape index (κ1) is 33.0. The van der Waals surface area contributed by atoms with Gasteiger partial charge in [-0.05, 0) is 70.8 Å². The van der Waals surface area contributed by atoms with Gasteiger partial charge >= 0.3 is 0 Å². The zero-order valence-electron chi connectivity index (χ0n) is 26.5. The Morgan fingerprint density at radius 3 is 1.62 bits per heavy atom. The number of nitrogens with zero attached hydrogens (tertiary/aromatic N) is 4. The van der Waals surface area contributed by atoms with Gasteiger partial charge in [0, 0.05) is 58.2 Å². The molecular weight excluding hydrogens is 729 g/mol. The molecule has 13 heteroatoms. The second kappa shape index (κ2) is 11.4. The Bertz CT molecular complexity index is 2870. The fraction of sp³-hybridized carbons (Fsp3) is 0.0769. The minimum absolute atomic E-state index is 0.00405. The molecule has 0 fully saturated rings. The highest BCUT2D eigenvalue weighted by Crippen LogP contribution is 2.60. The number of rotatable bonds is 2. The van der Waals surface area contributed by atoms with Crippen LogP contribution in [0.25, 0.3) is 52.1 Å². The molecule has 52 heavy (non-hydrogen) atoms. The number of halogens is 4. The molecule has 6 nitrogen and oxygen atoms in total. The highest BCUT2D eigenvalue weighted by Gasteiger charge is 2.42. The number of ketones is 2. The maximum atomic E-state index is 14.2. The zero-order valence-corrected chi connectivity index (χ0v) is 28.9. The highest BCUT2D eigenvalue weighted by atomic mass is 32.1. The van der Waals surface area contributed by atoms with Crippen LogP contribution in [0.15, 0.2) is 58.9 Å². The fourth-order valence-corrected chi connectivity index (χ4v) is 11.3. The van der Waals surface area contributed by atoms with Crippen LogP contribution in [0.2, 0.25) is 0 Å². The van der Waals surface area contributed by atoms with E-state index >= 15 is 0 Å². The van der Waals surface area contributed by atoms with Crippen molar-refractivity contribution in [1.82, 2.24) is 0 Å². The Morgan fingerprint density at radius 2 is 1.15 bits per heavy atom. The molecule has 0 aliphatic heterocycles. The second-order valence-corrected chi connectivity index (χ2v) is 15.7. The molecule has 0 bridgehead atoms. The fourth-order valence-electron chi connectivity index (χ4n) is 6.99. The van der Waals surface area contributed by atoms with E-state index in [-0.39, 0.29) is 44.5 Å². The topological polar surface area (TPSA) is 90.4 Å². The Morgan fingerprint density at radius 1 is 0.692 bits per heavy atom. The number of nitriles is 2. The van der Waals surface area contributed by atoms with E-state index in [1.54, 1.807) is 24.3 Å². The predicted molar refractivity (Wildman–Crippen MR) is 191 cm³/mol. The second-order valence-electron chi connectivity index (χ2n) is 12.5. The van der Waals surface area contributed by atoms with Crippen molar-refractivity contribution < 1.29 is 27.2 Å². The van der Waals surface area contributed by atoms with Crippen molar-refractivity contribution in [3.8, 4) is 21.9 Å². The molecule has 0 saturated carbocycles. The van der Waals surface area contributed by atoms with E-state index in [1.165, 1.54) is 34.0 Å². The summed E-state index contributed by atoms with van der Waals surface area (Å²) in [6.45, 7) is 19.1. The number of hydrogen-bond donors (Lipinski definition) is 0. The predicted octanol–water partition coefficient (Wildman–Crippen LogP) is 10.8. The summed E-state index contributed by atoms with van der Waals surface area (Å²) in [7, 11) is 0. The smallest absolute Gasteiger partial charge is 0.270 e. The van der Waals surface area contributed by atoms with Gasteiger partial charge in [-0.15, -0.1) is 34.0 Å². The molecule has 0 spiro atoms. The number of allylic oxidation sites excluding steroid dienone is 6. The number of carbonyl (C=O) groups is 2. The van der Waals surface area contributed by atoms with Crippen molar-refractivity contribution in [2.24, 2.45) is 0 Å². The Labute approximate surface area is 304 Å². The maximum absolute atomic E-state index is 14.2. The van der Waals surface area contributed by atoms with Crippen molar-refractivity contribution in [3.05, 3.63) is 148 Å². The molecule has 0 unspecified atom stereocenters. The molecule has 0 radical (unpaired) electrons. The van der Waals surface area contributed by atoms with Gasteiger partial charge < -0.3 is 0 Å². The lowest BCUT2D eigenvalue weighted by atomic mass is 9.84. The summed E-state index contributed by atoms with van der Waals surface area (Å²) < 4.78 is 58.6. The minimum Gasteiger partial charge on any atom is -0.289 e. The standard InChI is InChI=1S/C39H14F4N4O2S3/c1-39(2)23-7-15(5-21-31(28(13-44)46-3)17-9-24(40)26(42)11-19(17)34(21)48)50-36(23)38-33(39)37-30(52-38)8-16(51-37)6-22-32(29(14-45)47-4)18-10-25(41)27(43)12-20(18)35(22)49/h5-12H,1-2H3/b21-5-,22-6-,31-28+,32-29?. The molecule has 3 heterocycles. The molecule has 0 atom stereocenters. The van der Waals surface area contributed by atoms with Gasteiger partial charge in [-0.1, -0.05) is 13.8 Å². The number of carbonyl (C=O) groups excluding carboxylic acids is 2. The molecule has 2 aromatic carbocycles. The van der Waals surface area contributed by atoms with Crippen LogP contribution >= 0.6 is 34.0 Å². The van der Waals surface area contributed by atoms with Gasteiger partial charge in [0.05, 0.1) is 34.9 Å². The Kier molecular flexibility index (Phi) is 7.22. The molecule has 0 amide bonds. The summed E-state index contributed by atoms with van der Waals surface area (Å²) in [4.78, 5) is 36.6. The van der Waals surface area contributed by atoms with Crippen LogP contribution in [0.3, 0.4) is 0 Å². The molecule has 0 saturated heterocycles. The van der Waals surface area contributed by atoms with E-state index in [4.69, 9.17) is 13.1 Å². The number of Topliss-reactive ketones (excluding diaryl/α,β-unsaturated/α-hetero) is 2. The third-order valence-corrected chi connectivity index (χ3v) is 12.9.